The first-order valence-electron chi connectivity index (χ1n) is 6.75. The van der Waals surface area contributed by atoms with E-state index >= 15 is 0 Å². The fraction of sp³-hybridized carbons (Fsp3) is 0.562. The second-order valence-corrected chi connectivity index (χ2v) is 5.16. The van der Waals surface area contributed by atoms with Crippen molar-refractivity contribution in [3.8, 4) is 0 Å². The predicted molar refractivity (Wildman–Crippen MR) is 70.4 cm³/mol. The predicted octanol–water partition coefficient (Wildman–Crippen LogP) is 5.11. The van der Waals surface area contributed by atoms with Crippen molar-refractivity contribution >= 4 is 0 Å². The molecule has 0 saturated heterocycles. The van der Waals surface area contributed by atoms with Crippen LogP contribution in [0.4, 0.5) is 0 Å². The smallest absolute Gasteiger partial charge is 0.0190 e. The second-order valence-electron chi connectivity index (χ2n) is 5.16. The first-order chi connectivity index (χ1) is 7.86. The summed E-state index contributed by atoms with van der Waals surface area (Å²) in [5, 5.41) is 0. The standard InChI is InChI=1S/C16H23/c1-14(16-10-6-3-7-11-16)12-13-15-8-4-2-5-9-15/h3,6-7,10-11,14H,2,4-5,8-9,12-13H2,1H3. The lowest BCUT2D eigenvalue weighted by Crippen LogP contribution is -2.05. The van der Waals surface area contributed by atoms with Crippen LogP contribution in [0.3, 0.4) is 0 Å². The van der Waals surface area contributed by atoms with Crippen LogP contribution in [0.25, 0.3) is 0 Å². The van der Waals surface area contributed by atoms with Crippen molar-refractivity contribution in [2.75, 3.05) is 0 Å². The summed E-state index contributed by atoms with van der Waals surface area (Å²) >= 11 is 0. The molecule has 0 aliphatic heterocycles. The van der Waals surface area contributed by atoms with Gasteiger partial charge in [0.1, 0.15) is 0 Å². The highest BCUT2D eigenvalue weighted by Gasteiger charge is 2.15. The summed E-state index contributed by atoms with van der Waals surface area (Å²) in [7, 11) is 0. The van der Waals surface area contributed by atoms with Crippen LogP contribution in [-0.4, -0.2) is 0 Å². The maximum absolute atomic E-state index is 2.36. The van der Waals surface area contributed by atoms with E-state index in [4.69, 9.17) is 0 Å². The van der Waals surface area contributed by atoms with E-state index in [-0.39, 0.29) is 0 Å². The van der Waals surface area contributed by atoms with Gasteiger partial charge in [0.25, 0.3) is 0 Å². The Kier molecular flexibility index (Phi) is 4.44. The zero-order chi connectivity index (χ0) is 11.2. The van der Waals surface area contributed by atoms with Gasteiger partial charge in [-0.2, -0.15) is 0 Å². The van der Waals surface area contributed by atoms with Gasteiger partial charge < -0.3 is 0 Å². The molecule has 1 atom stereocenters. The molecule has 0 spiro atoms. The highest BCUT2D eigenvalue weighted by molar-refractivity contribution is 5.18. The van der Waals surface area contributed by atoms with Gasteiger partial charge >= 0.3 is 0 Å². The van der Waals surface area contributed by atoms with E-state index < -0.39 is 0 Å². The van der Waals surface area contributed by atoms with Crippen molar-refractivity contribution in [3.63, 3.8) is 0 Å². The molecular weight excluding hydrogens is 192 g/mol. The van der Waals surface area contributed by atoms with Gasteiger partial charge in [0, 0.05) is 0 Å². The largest absolute Gasteiger partial charge is 0.0622 e. The zero-order valence-corrected chi connectivity index (χ0v) is 10.4. The molecular formula is C16H23. The van der Waals surface area contributed by atoms with Crippen LogP contribution in [-0.2, 0) is 0 Å². The molecule has 0 aromatic heterocycles. The van der Waals surface area contributed by atoms with Crippen LogP contribution in [0.1, 0.15) is 63.4 Å². The third-order valence-corrected chi connectivity index (χ3v) is 3.86. The Bertz CT molecular complexity index is 282. The Balaban J connectivity index is 1.77. The van der Waals surface area contributed by atoms with Crippen LogP contribution in [0.5, 0.6) is 0 Å². The van der Waals surface area contributed by atoms with Crippen LogP contribution < -0.4 is 0 Å². The third-order valence-electron chi connectivity index (χ3n) is 3.86. The maximum Gasteiger partial charge on any atom is -0.0190 e. The number of rotatable bonds is 4. The summed E-state index contributed by atoms with van der Waals surface area (Å²) in [4.78, 5) is 0. The van der Waals surface area contributed by atoms with E-state index in [2.05, 4.69) is 37.3 Å². The minimum absolute atomic E-state index is 0.718. The summed E-state index contributed by atoms with van der Waals surface area (Å²) < 4.78 is 0. The van der Waals surface area contributed by atoms with Gasteiger partial charge in [-0.25, -0.2) is 0 Å². The Labute approximate surface area is 100 Å². The molecule has 0 bridgehead atoms. The summed E-state index contributed by atoms with van der Waals surface area (Å²) in [5.74, 6) is 2.55. The lowest BCUT2D eigenvalue weighted by atomic mass is 9.83. The molecule has 1 aliphatic carbocycles. The number of hydrogen-bond acceptors (Lipinski definition) is 0. The van der Waals surface area contributed by atoms with Crippen molar-refractivity contribution in [1.82, 2.24) is 0 Å². The first kappa shape index (κ1) is 11.7. The minimum atomic E-state index is 0.718. The van der Waals surface area contributed by atoms with Gasteiger partial charge in [0.05, 0.1) is 0 Å². The van der Waals surface area contributed by atoms with Crippen molar-refractivity contribution < 1.29 is 0 Å². The summed E-state index contributed by atoms with van der Waals surface area (Å²) in [6.07, 6.45) is 9.83. The van der Waals surface area contributed by atoms with Gasteiger partial charge in [0.15, 0.2) is 0 Å². The van der Waals surface area contributed by atoms with Gasteiger partial charge in [-0.05, 0) is 43.1 Å². The van der Waals surface area contributed by atoms with Crippen molar-refractivity contribution in [3.05, 3.63) is 41.8 Å². The summed E-state index contributed by atoms with van der Waals surface area (Å²) in [6, 6.07) is 10.9. The maximum atomic E-state index is 2.36. The lowest BCUT2D eigenvalue weighted by molar-refractivity contribution is 0.485. The van der Waals surface area contributed by atoms with Gasteiger partial charge in [0.2, 0.25) is 0 Å². The molecule has 0 N–H and O–H groups in total. The van der Waals surface area contributed by atoms with Crippen molar-refractivity contribution in [1.29, 1.82) is 0 Å². The zero-order valence-electron chi connectivity index (χ0n) is 10.4. The molecule has 1 fully saturated rings. The fourth-order valence-corrected chi connectivity index (χ4v) is 2.67. The third kappa shape index (κ3) is 3.37. The molecule has 1 aromatic rings. The van der Waals surface area contributed by atoms with E-state index in [9.17, 15) is 0 Å². The molecule has 0 heterocycles. The molecule has 87 valence electrons. The van der Waals surface area contributed by atoms with E-state index in [0.717, 1.165) is 5.92 Å². The van der Waals surface area contributed by atoms with Crippen LogP contribution in [0, 0.1) is 5.92 Å². The Morgan fingerprint density at radius 1 is 1.00 bits per heavy atom. The molecule has 0 heteroatoms. The topological polar surface area (TPSA) is 0 Å². The van der Waals surface area contributed by atoms with E-state index in [1.165, 1.54) is 50.5 Å². The van der Waals surface area contributed by atoms with Gasteiger partial charge in [-0.15, -0.1) is 0 Å². The molecule has 1 aliphatic rings. The summed E-state index contributed by atoms with van der Waals surface area (Å²) in [6.45, 7) is 2.36. The molecule has 0 nitrogen and oxygen atoms in total. The Morgan fingerprint density at radius 3 is 2.38 bits per heavy atom. The molecule has 2 rings (SSSR count). The molecule has 1 radical (unpaired) electrons. The highest BCUT2D eigenvalue weighted by atomic mass is 14.2. The molecule has 0 amide bonds. The average Bonchev–Trinajstić information content (AvgIpc) is 2.38. The average molecular weight is 215 g/mol. The normalized spacial score (nSPS) is 19.6. The molecule has 1 unspecified atom stereocenters. The van der Waals surface area contributed by atoms with Crippen molar-refractivity contribution in [2.45, 2.75) is 57.8 Å². The lowest BCUT2D eigenvalue weighted by Gasteiger charge is -2.22. The Hall–Kier alpha value is -0.780. The van der Waals surface area contributed by atoms with E-state index in [1.54, 1.807) is 0 Å². The van der Waals surface area contributed by atoms with Crippen molar-refractivity contribution in [2.24, 2.45) is 0 Å². The van der Waals surface area contributed by atoms with Gasteiger partial charge in [-0.1, -0.05) is 56.5 Å². The molecule has 1 aromatic carbocycles. The molecule has 1 saturated carbocycles. The van der Waals surface area contributed by atoms with Gasteiger partial charge in [-0.3, -0.25) is 0 Å². The van der Waals surface area contributed by atoms with Crippen LogP contribution in [0.2, 0.25) is 0 Å². The highest BCUT2D eigenvalue weighted by Crippen LogP contribution is 2.32. The van der Waals surface area contributed by atoms with E-state index in [1.807, 2.05) is 5.92 Å². The second kappa shape index (κ2) is 6.08. The van der Waals surface area contributed by atoms with Crippen LogP contribution in [0.15, 0.2) is 30.3 Å². The number of hydrogen-bond donors (Lipinski definition) is 0. The first-order valence-corrected chi connectivity index (χ1v) is 6.75. The van der Waals surface area contributed by atoms with E-state index in [0.29, 0.717) is 0 Å². The SMILES string of the molecule is CC(CC[C]1CCCCC1)c1ccccc1. The fourth-order valence-electron chi connectivity index (χ4n) is 2.67. The Morgan fingerprint density at radius 2 is 1.69 bits per heavy atom. The quantitative estimate of drug-likeness (QED) is 0.654. The summed E-state index contributed by atoms with van der Waals surface area (Å²) in [5.41, 5.74) is 1.50. The number of benzene rings is 1. The minimum Gasteiger partial charge on any atom is -0.0622 e. The van der Waals surface area contributed by atoms with Crippen LogP contribution >= 0.6 is 0 Å². The molecule has 16 heavy (non-hydrogen) atoms. The monoisotopic (exact) mass is 215 g/mol.